The number of fused-ring (bicyclic) bond motifs is 1. The van der Waals surface area contributed by atoms with E-state index in [1.54, 1.807) is 24.3 Å². The summed E-state index contributed by atoms with van der Waals surface area (Å²) in [4.78, 5) is 28.8. The van der Waals surface area contributed by atoms with E-state index in [2.05, 4.69) is 20.7 Å². The van der Waals surface area contributed by atoms with Gasteiger partial charge in [-0.15, -0.1) is 0 Å². The molecule has 0 unspecified atom stereocenters. The van der Waals surface area contributed by atoms with Crippen LogP contribution in [0.25, 0.3) is 16.7 Å². The van der Waals surface area contributed by atoms with Gasteiger partial charge in [-0.25, -0.2) is 4.98 Å². The molecule has 152 valence electrons. The number of para-hydroxylation sites is 1. The molecular formula is C23H18N6O2. The number of nitriles is 1. The first-order valence-electron chi connectivity index (χ1n) is 9.50. The number of benzene rings is 2. The van der Waals surface area contributed by atoms with Gasteiger partial charge < -0.3 is 10.6 Å². The molecular weight excluding hydrogens is 392 g/mol. The van der Waals surface area contributed by atoms with E-state index in [4.69, 9.17) is 0 Å². The van der Waals surface area contributed by atoms with Crippen molar-refractivity contribution in [3.8, 4) is 11.9 Å². The van der Waals surface area contributed by atoms with Crippen molar-refractivity contribution >= 4 is 34.2 Å². The second-order valence-electron chi connectivity index (χ2n) is 6.96. The summed E-state index contributed by atoms with van der Waals surface area (Å²) in [5.41, 5.74) is 2.81. The van der Waals surface area contributed by atoms with Crippen LogP contribution >= 0.6 is 0 Å². The van der Waals surface area contributed by atoms with Crippen molar-refractivity contribution in [3.05, 3.63) is 77.5 Å². The first kappa shape index (κ1) is 19.8. The molecule has 2 amide bonds. The number of rotatable bonds is 4. The lowest BCUT2D eigenvalue weighted by atomic mass is 10.1. The quantitative estimate of drug-likeness (QED) is 0.531. The van der Waals surface area contributed by atoms with Gasteiger partial charge in [0, 0.05) is 23.6 Å². The molecule has 4 rings (SSSR count). The molecule has 8 heteroatoms. The fourth-order valence-corrected chi connectivity index (χ4v) is 3.29. The molecule has 0 spiro atoms. The van der Waals surface area contributed by atoms with Gasteiger partial charge in [-0.3, -0.25) is 9.59 Å². The van der Waals surface area contributed by atoms with Crippen molar-refractivity contribution in [2.45, 2.75) is 13.8 Å². The van der Waals surface area contributed by atoms with Crippen molar-refractivity contribution in [3.63, 3.8) is 0 Å². The normalized spacial score (nSPS) is 10.5. The molecule has 31 heavy (non-hydrogen) atoms. The fraction of sp³-hybridized carbons (Fsp3) is 0.0870. The Morgan fingerprint density at radius 2 is 1.87 bits per heavy atom. The highest BCUT2D eigenvalue weighted by Crippen LogP contribution is 2.24. The van der Waals surface area contributed by atoms with Crippen LogP contribution in [0.3, 0.4) is 0 Å². The first-order valence-corrected chi connectivity index (χ1v) is 9.50. The average molecular weight is 410 g/mol. The van der Waals surface area contributed by atoms with Crippen molar-refractivity contribution in [1.29, 1.82) is 5.26 Å². The van der Waals surface area contributed by atoms with E-state index in [9.17, 15) is 14.9 Å². The highest BCUT2D eigenvalue weighted by atomic mass is 16.2. The Labute approximate surface area is 178 Å². The zero-order valence-corrected chi connectivity index (χ0v) is 16.9. The number of pyridine rings is 1. The van der Waals surface area contributed by atoms with Crippen molar-refractivity contribution in [1.82, 2.24) is 14.8 Å². The number of nitrogens with one attached hydrogen (secondary N) is 2. The minimum absolute atomic E-state index is 0.207. The van der Waals surface area contributed by atoms with Crippen LogP contribution in [0.5, 0.6) is 0 Å². The number of amides is 2. The van der Waals surface area contributed by atoms with Crippen LogP contribution in [0.15, 0.2) is 60.8 Å². The molecule has 8 nitrogen and oxygen atoms in total. The van der Waals surface area contributed by atoms with Gasteiger partial charge in [-0.2, -0.15) is 15.0 Å². The largest absolute Gasteiger partial charge is 0.326 e. The van der Waals surface area contributed by atoms with Crippen LogP contribution in [-0.4, -0.2) is 26.6 Å². The second-order valence-corrected chi connectivity index (χ2v) is 6.96. The maximum Gasteiger partial charge on any atom is 0.256 e. The maximum absolute atomic E-state index is 12.9. The number of hydrogen-bond acceptors (Lipinski definition) is 5. The lowest BCUT2D eigenvalue weighted by molar-refractivity contribution is -0.114. The molecule has 2 heterocycles. The molecule has 2 aromatic heterocycles. The van der Waals surface area contributed by atoms with E-state index in [1.807, 2.05) is 43.3 Å². The smallest absolute Gasteiger partial charge is 0.256 e. The summed E-state index contributed by atoms with van der Waals surface area (Å²) in [5.74, 6) is 0.0303. The van der Waals surface area contributed by atoms with E-state index < -0.39 is 5.91 Å². The lowest BCUT2D eigenvalue weighted by Gasteiger charge is -2.11. The molecule has 0 saturated heterocycles. The molecule has 0 saturated carbocycles. The highest BCUT2D eigenvalue weighted by Gasteiger charge is 2.18. The Bertz CT molecular complexity index is 1370. The van der Waals surface area contributed by atoms with Crippen LogP contribution < -0.4 is 10.6 Å². The molecule has 0 aliphatic heterocycles. The van der Waals surface area contributed by atoms with Gasteiger partial charge in [-0.1, -0.05) is 24.3 Å². The summed E-state index contributed by atoms with van der Waals surface area (Å²) in [7, 11) is 0. The van der Waals surface area contributed by atoms with Gasteiger partial charge in [-0.05, 0) is 42.8 Å². The monoisotopic (exact) mass is 410 g/mol. The summed E-state index contributed by atoms with van der Waals surface area (Å²) in [5, 5.41) is 20.2. The average Bonchev–Trinajstić information content (AvgIpc) is 3.16. The Kier molecular flexibility index (Phi) is 5.16. The van der Waals surface area contributed by atoms with Crippen molar-refractivity contribution in [2.24, 2.45) is 0 Å². The number of aromatic nitrogens is 3. The van der Waals surface area contributed by atoms with Gasteiger partial charge in [0.15, 0.2) is 11.6 Å². The van der Waals surface area contributed by atoms with Crippen molar-refractivity contribution < 1.29 is 9.59 Å². The number of anilines is 2. The number of carbonyl (C=O) groups excluding carboxylic acids is 2. The van der Waals surface area contributed by atoms with Crippen LogP contribution in [0, 0.1) is 18.3 Å². The SMILES string of the molecule is CC(=O)Nc1cccc(C(=O)Nc2c(C#N)cnn2-c2cc(C)c3ccccc3n2)c1. The third-order valence-corrected chi connectivity index (χ3v) is 4.69. The Morgan fingerprint density at radius 3 is 2.65 bits per heavy atom. The minimum Gasteiger partial charge on any atom is -0.326 e. The third kappa shape index (κ3) is 3.97. The molecule has 2 aromatic carbocycles. The zero-order valence-electron chi connectivity index (χ0n) is 16.9. The van der Waals surface area contributed by atoms with Crippen LogP contribution in [-0.2, 0) is 4.79 Å². The first-order chi connectivity index (χ1) is 15.0. The van der Waals surface area contributed by atoms with Crippen LogP contribution in [0.1, 0.15) is 28.4 Å². The molecule has 0 bridgehead atoms. The maximum atomic E-state index is 12.9. The standard InChI is InChI=1S/C23H18N6O2/c1-14-10-21(27-20-9-4-3-8-19(14)20)29-22(17(12-24)13-25-29)28-23(31)16-6-5-7-18(11-16)26-15(2)30/h3-11,13H,1-2H3,(H,26,30)(H,28,31). The number of hydrogen-bond donors (Lipinski definition) is 2. The van der Waals surface area contributed by atoms with Gasteiger partial charge in [0.25, 0.3) is 5.91 Å². The minimum atomic E-state index is -0.442. The van der Waals surface area contributed by atoms with Gasteiger partial charge in [0.2, 0.25) is 5.91 Å². The number of carbonyl (C=O) groups is 2. The topological polar surface area (TPSA) is 113 Å². The Balaban J connectivity index is 1.72. The summed E-state index contributed by atoms with van der Waals surface area (Å²) >= 11 is 0. The molecule has 0 fully saturated rings. The van der Waals surface area contributed by atoms with Gasteiger partial charge in [0.05, 0.1) is 11.7 Å². The number of nitrogens with zero attached hydrogens (tertiary/aromatic N) is 4. The highest BCUT2D eigenvalue weighted by molar-refractivity contribution is 6.05. The summed E-state index contributed by atoms with van der Waals surface area (Å²) in [6, 6.07) is 18.1. The molecule has 0 aliphatic rings. The van der Waals surface area contributed by atoms with Crippen LogP contribution in [0.4, 0.5) is 11.5 Å². The predicted molar refractivity (Wildman–Crippen MR) is 117 cm³/mol. The van der Waals surface area contributed by atoms with E-state index in [1.165, 1.54) is 17.8 Å². The zero-order chi connectivity index (χ0) is 22.0. The van der Waals surface area contributed by atoms with E-state index in [-0.39, 0.29) is 17.3 Å². The van der Waals surface area contributed by atoms with E-state index in [0.717, 1.165) is 16.5 Å². The molecule has 0 aliphatic carbocycles. The Morgan fingerprint density at radius 1 is 1.06 bits per heavy atom. The summed E-state index contributed by atoms with van der Waals surface area (Å²) in [6.07, 6.45) is 1.38. The predicted octanol–water partition coefficient (Wildman–Crippen LogP) is 3.81. The van der Waals surface area contributed by atoms with E-state index in [0.29, 0.717) is 17.1 Å². The Hall–Kier alpha value is -4.51. The fourth-order valence-electron chi connectivity index (χ4n) is 3.29. The van der Waals surface area contributed by atoms with E-state index >= 15 is 0 Å². The number of aryl methyl sites for hydroxylation is 1. The molecule has 0 radical (unpaired) electrons. The molecule has 0 atom stereocenters. The van der Waals surface area contributed by atoms with Crippen molar-refractivity contribution in [2.75, 3.05) is 10.6 Å². The second kappa shape index (κ2) is 8.08. The van der Waals surface area contributed by atoms with Gasteiger partial charge >= 0.3 is 0 Å². The third-order valence-electron chi connectivity index (χ3n) is 4.69. The summed E-state index contributed by atoms with van der Waals surface area (Å²) in [6.45, 7) is 3.36. The van der Waals surface area contributed by atoms with Gasteiger partial charge in [0.1, 0.15) is 11.6 Å². The molecule has 4 aromatic rings. The summed E-state index contributed by atoms with van der Waals surface area (Å²) < 4.78 is 1.44. The lowest BCUT2D eigenvalue weighted by Crippen LogP contribution is -2.17. The molecule has 2 N–H and O–H groups in total. The van der Waals surface area contributed by atoms with Crippen LogP contribution in [0.2, 0.25) is 0 Å².